The fourth-order valence-electron chi connectivity index (χ4n) is 6.98. The van der Waals surface area contributed by atoms with Crippen molar-refractivity contribution in [3.63, 3.8) is 0 Å². The summed E-state index contributed by atoms with van der Waals surface area (Å²) in [6.07, 6.45) is 2.10. The highest BCUT2D eigenvalue weighted by molar-refractivity contribution is 6.01. The number of amides is 4. The average Bonchev–Trinajstić information content (AvgIpc) is 3.85. The molecule has 0 spiro atoms. The zero-order chi connectivity index (χ0) is 38.6. The van der Waals surface area contributed by atoms with Crippen molar-refractivity contribution in [1.29, 1.82) is 0 Å². The number of nitrogens with zero attached hydrogens (tertiary/aromatic N) is 3. The van der Waals surface area contributed by atoms with Crippen molar-refractivity contribution in [2.45, 2.75) is 82.2 Å². The first-order valence-corrected chi connectivity index (χ1v) is 19.0. The molecule has 0 radical (unpaired) electrons. The third-order valence-electron chi connectivity index (χ3n) is 9.90. The number of carbonyl (C=O) groups excluding carboxylic acids is 5. The maximum Gasteiger partial charge on any atom is 0.410 e. The van der Waals surface area contributed by atoms with Gasteiger partial charge in [0.05, 0.1) is 12.6 Å². The van der Waals surface area contributed by atoms with Gasteiger partial charge in [0.15, 0.2) is 5.58 Å². The zero-order valence-corrected chi connectivity index (χ0v) is 30.8. The van der Waals surface area contributed by atoms with Gasteiger partial charge in [-0.3, -0.25) is 14.4 Å². The fraction of sp³-hybridized carbons (Fsp3) is 0.415. The summed E-state index contributed by atoms with van der Waals surface area (Å²) in [5.74, 6) is -1.84. The Kier molecular flexibility index (Phi) is 13.5. The van der Waals surface area contributed by atoms with Crippen LogP contribution in [0, 0.1) is 0 Å². The summed E-state index contributed by atoms with van der Waals surface area (Å²) in [7, 11) is 0. The Morgan fingerprint density at radius 1 is 0.836 bits per heavy atom. The minimum atomic E-state index is -1.14. The quantitative estimate of drug-likeness (QED) is 0.113. The minimum Gasteiger partial charge on any atom is -0.445 e. The first-order chi connectivity index (χ1) is 26.8. The van der Waals surface area contributed by atoms with Crippen LogP contribution in [0.25, 0.3) is 11.1 Å². The molecule has 4 amide bonds. The number of nitrogens with two attached hydrogens (primary N) is 1. The lowest BCUT2D eigenvalue weighted by Crippen LogP contribution is -2.56. The third-order valence-corrected chi connectivity index (χ3v) is 9.90. The van der Waals surface area contributed by atoms with Gasteiger partial charge in [-0.05, 0) is 68.3 Å². The lowest BCUT2D eigenvalue weighted by atomic mass is 10.0. The molecule has 2 fully saturated rings. The van der Waals surface area contributed by atoms with Crippen molar-refractivity contribution in [3.05, 3.63) is 102 Å². The summed E-state index contributed by atoms with van der Waals surface area (Å²) in [6.45, 7) is 1.42. The Morgan fingerprint density at radius 3 is 2.24 bits per heavy atom. The molecule has 3 aromatic carbocycles. The van der Waals surface area contributed by atoms with Crippen LogP contribution in [0.4, 0.5) is 9.59 Å². The van der Waals surface area contributed by atoms with E-state index in [-0.39, 0.29) is 38.3 Å². The van der Waals surface area contributed by atoms with Gasteiger partial charge in [0.25, 0.3) is 5.89 Å². The highest BCUT2D eigenvalue weighted by Crippen LogP contribution is 2.25. The number of para-hydroxylation sites is 2. The topological polar surface area (TPSA) is 186 Å². The Hall–Kier alpha value is -5.76. The second kappa shape index (κ2) is 19.0. The SMILES string of the molecule is NCCCC[C@H](NC(=O)[C@@H]1C[C@@H](OC(=O)N2CCCCC2)CN1C(=O)[C@@H](Cc1ccccc1)NC(=O)OCc1ccccc1)C(=O)c1nc2ccccc2o1. The number of likely N-dealkylation sites (tertiary alicyclic amines) is 2. The van der Waals surface area contributed by atoms with Crippen LogP contribution >= 0.6 is 0 Å². The Balaban J connectivity index is 1.24. The lowest BCUT2D eigenvalue weighted by molar-refractivity contribution is -0.140. The highest BCUT2D eigenvalue weighted by atomic mass is 16.6. The zero-order valence-electron chi connectivity index (χ0n) is 30.8. The van der Waals surface area contributed by atoms with Crippen LogP contribution in [0.2, 0.25) is 0 Å². The number of ketones is 1. The van der Waals surface area contributed by atoms with Gasteiger partial charge in [0.2, 0.25) is 17.6 Å². The van der Waals surface area contributed by atoms with Crippen LogP contribution in [0.5, 0.6) is 0 Å². The van der Waals surface area contributed by atoms with Crippen molar-refractivity contribution >= 4 is 40.9 Å². The number of alkyl carbamates (subject to hydrolysis) is 1. The van der Waals surface area contributed by atoms with Crippen molar-refractivity contribution in [1.82, 2.24) is 25.4 Å². The number of fused-ring (bicyclic) bond motifs is 1. The standard InChI is InChI=1S/C41H48N6O8/c42-21-11-10-19-32(36(48)38-44-31-18-8-9-20-35(31)55-38)43-37(49)34-25-30(54-41(52)46-22-12-3-13-23-46)26-47(34)39(50)33(24-28-14-4-1-5-15-28)45-40(51)53-27-29-16-6-2-7-17-29/h1-2,4-9,14-18,20,30,32-34H,3,10-13,19,21-27,42H2,(H,43,49)(H,45,51)/t30-,32+,33-,34+/m1/s1. The molecule has 55 heavy (non-hydrogen) atoms. The molecule has 4 aromatic rings. The van der Waals surface area contributed by atoms with Crippen molar-refractivity contribution in [3.8, 4) is 0 Å². The molecule has 3 heterocycles. The van der Waals surface area contributed by atoms with Crippen LogP contribution in [0.15, 0.2) is 89.3 Å². The molecule has 6 rings (SSSR count). The number of benzene rings is 3. The average molecular weight is 753 g/mol. The van der Waals surface area contributed by atoms with E-state index in [1.54, 1.807) is 29.2 Å². The number of unbranched alkanes of at least 4 members (excludes halogenated alkanes) is 1. The maximum absolute atomic E-state index is 14.6. The van der Waals surface area contributed by atoms with Gasteiger partial charge in [-0.15, -0.1) is 0 Å². The normalized spacial score (nSPS) is 18.0. The van der Waals surface area contributed by atoms with Gasteiger partial charge in [-0.2, -0.15) is 0 Å². The molecule has 2 aliphatic rings. The van der Waals surface area contributed by atoms with Gasteiger partial charge in [-0.25, -0.2) is 14.6 Å². The fourth-order valence-corrected chi connectivity index (χ4v) is 6.98. The molecule has 0 unspecified atom stereocenters. The summed E-state index contributed by atoms with van der Waals surface area (Å²) < 4.78 is 17.1. The predicted octanol–water partition coefficient (Wildman–Crippen LogP) is 4.75. The molecule has 0 aliphatic carbocycles. The molecule has 2 saturated heterocycles. The second-order valence-electron chi connectivity index (χ2n) is 13.9. The van der Waals surface area contributed by atoms with Crippen LogP contribution in [-0.4, -0.2) is 95.0 Å². The van der Waals surface area contributed by atoms with E-state index in [1.807, 2.05) is 60.7 Å². The number of carbonyl (C=O) groups is 5. The second-order valence-corrected chi connectivity index (χ2v) is 13.9. The molecule has 2 aliphatic heterocycles. The number of ether oxygens (including phenoxy) is 2. The molecule has 4 atom stereocenters. The van der Waals surface area contributed by atoms with Crippen LogP contribution in [0.1, 0.15) is 66.8 Å². The van der Waals surface area contributed by atoms with E-state index in [9.17, 15) is 24.0 Å². The number of oxazole rings is 1. The lowest BCUT2D eigenvalue weighted by Gasteiger charge is -2.29. The first kappa shape index (κ1) is 38.9. The molecule has 14 heteroatoms. The van der Waals surface area contributed by atoms with Crippen LogP contribution < -0.4 is 16.4 Å². The first-order valence-electron chi connectivity index (χ1n) is 19.0. The summed E-state index contributed by atoms with van der Waals surface area (Å²) in [4.78, 5) is 76.4. The van der Waals surface area contributed by atoms with Gasteiger partial charge in [0.1, 0.15) is 30.3 Å². The monoisotopic (exact) mass is 752 g/mol. The van der Waals surface area contributed by atoms with Crippen LogP contribution in [-0.2, 0) is 32.1 Å². The number of Topliss-reactive ketones (excluding diaryl/α,β-unsaturated/α-hetero) is 1. The molecule has 1 aromatic heterocycles. The molecular formula is C41H48N6O8. The number of hydrogen-bond acceptors (Lipinski definition) is 10. The maximum atomic E-state index is 14.6. The smallest absolute Gasteiger partial charge is 0.410 e. The van der Waals surface area contributed by atoms with Crippen molar-refractivity contribution < 1.29 is 37.9 Å². The van der Waals surface area contributed by atoms with E-state index in [2.05, 4.69) is 15.6 Å². The molecule has 14 nitrogen and oxygen atoms in total. The van der Waals surface area contributed by atoms with E-state index < -0.39 is 54.0 Å². The predicted molar refractivity (Wildman–Crippen MR) is 203 cm³/mol. The van der Waals surface area contributed by atoms with E-state index in [0.29, 0.717) is 43.6 Å². The van der Waals surface area contributed by atoms with Crippen molar-refractivity contribution in [2.75, 3.05) is 26.2 Å². The summed E-state index contributed by atoms with van der Waals surface area (Å²) in [5, 5.41) is 5.58. The summed E-state index contributed by atoms with van der Waals surface area (Å²) >= 11 is 0. The Morgan fingerprint density at radius 2 is 1.53 bits per heavy atom. The van der Waals surface area contributed by atoms with E-state index >= 15 is 0 Å². The minimum absolute atomic E-state index is 0.0121. The van der Waals surface area contributed by atoms with E-state index in [0.717, 1.165) is 30.4 Å². The molecule has 4 N–H and O–H groups in total. The van der Waals surface area contributed by atoms with Gasteiger partial charge < -0.3 is 40.1 Å². The number of piperidine rings is 1. The third kappa shape index (κ3) is 10.5. The summed E-state index contributed by atoms with van der Waals surface area (Å²) in [6, 6.07) is 22.0. The van der Waals surface area contributed by atoms with E-state index in [4.69, 9.17) is 19.6 Å². The number of rotatable bonds is 15. The number of hydrogen-bond donors (Lipinski definition) is 3. The highest BCUT2D eigenvalue weighted by Gasteiger charge is 2.45. The van der Waals surface area contributed by atoms with E-state index in [1.165, 1.54) is 4.90 Å². The van der Waals surface area contributed by atoms with Gasteiger partial charge in [0, 0.05) is 25.9 Å². The molecule has 0 saturated carbocycles. The number of aromatic nitrogens is 1. The summed E-state index contributed by atoms with van der Waals surface area (Å²) in [5.41, 5.74) is 8.22. The van der Waals surface area contributed by atoms with Gasteiger partial charge in [-0.1, -0.05) is 72.8 Å². The van der Waals surface area contributed by atoms with Crippen molar-refractivity contribution in [2.24, 2.45) is 5.73 Å². The van der Waals surface area contributed by atoms with Crippen LogP contribution in [0.3, 0.4) is 0 Å². The largest absolute Gasteiger partial charge is 0.445 e. The Bertz CT molecular complexity index is 1880. The molecule has 0 bridgehead atoms. The van der Waals surface area contributed by atoms with Gasteiger partial charge >= 0.3 is 12.2 Å². The molecule has 290 valence electrons. The molecular weight excluding hydrogens is 704 g/mol. The number of nitrogens with one attached hydrogen (secondary N) is 2. The Labute approximate surface area is 319 Å².